The molecule has 0 aliphatic carbocycles. The van der Waals surface area contributed by atoms with Crippen molar-refractivity contribution in [2.75, 3.05) is 11.4 Å². The number of carboxylic acid groups (broad SMARTS) is 1. The zero-order valence-electron chi connectivity index (χ0n) is 11.0. The minimum absolute atomic E-state index is 0.0621. The smallest absolute Gasteiger partial charge is 0.354 e. The summed E-state index contributed by atoms with van der Waals surface area (Å²) in [7, 11) is 0. The molecule has 3 rings (SSSR count). The first-order valence-corrected chi connectivity index (χ1v) is 6.83. The lowest BCUT2D eigenvalue weighted by atomic mass is 10.0. The number of hydrogen-bond donors (Lipinski definition) is 1. The molecule has 0 atom stereocenters. The van der Waals surface area contributed by atoms with Crippen molar-refractivity contribution < 1.29 is 14.3 Å². The lowest BCUT2D eigenvalue weighted by molar-refractivity contribution is 0.0690. The molecule has 4 nitrogen and oxygen atoms in total. The Morgan fingerprint density at radius 1 is 1.33 bits per heavy atom. The van der Waals surface area contributed by atoms with Crippen molar-refractivity contribution in [1.82, 2.24) is 4.98 Å². The van der Waals surface area contributed by atoms with E-state index in [4.69, 9.17) is 16.7 Å². The molecule has 1 aliphatic heterocycles. The predicted molar refractivity (Wildman–Crippen MR) is 77.4 cm³/mol. The van der Waals surface area contributed by atoms with E-state index in [-0.39, 0.29) is 10.7 Å². The normalized spacial score (nSPS) is 13.9. The summed E-state index contributed by atoms with van der Waals surface area (Å²) in [6, 6.07) is 6.25. The molecule has 0 bridgehead atoms. The maximum atomic E-state index is 13.2. The van der Waals surface area contributed by atoms with E-state index in [9.17, 15) is 9.18 Å². The molecule has 1 N–H and O–H groups in total. The van der Waals surface area contributed by atoms with Crippen molar-refractivity contribution in [1.29, 1.82) is 0 Å². The number of benzene rings is 1. The standard InChI is InChI=1S/C15H12ClFN2O2/c16-12-6-11(1-2-13(12)17)19-4-3-9-5-14(15(20)21)18-7-10(9)8-19/h1-2,5-7H,3-4,8H2,(H,20,21). The number of carbonyl (C=O) groups is 1. The molecule has 0 spiro atoms. The fourth-order valence-corrected chi connectivity index (χ4v) is 2.63. The Morgan fingerprint density at radius 3 is 2.86 bits per heavy atom. The fourth-order valence-electron chi connectivity index (χ4n) is 2.46. The number of anilines is 1. The Morgan fingerprint density at radius 2 is 2.14 bits per heavy atom. The van der Waals surface area contributed by atoms with Gasteiger partial charge in [0.05, 0.1) is 5.02 Å². The van der Waals surface area contributed by atoms with E-state index in [2.05, 4.69) is 9.88 Å². The quantitative estimate of drug-likeness (QED) is 0.926. The molecule has 1 aromatic heterocycles. The first kappa shape index (κ1) is 13.8. The molecule has 1 aliphatic rings. The molecule has 0 saturated carbocycles. The van der Waals surface area contributed by atoms with Crippen molar-refractivity contribution in [3.63, 3.8) is 0 Å². The largest absolute Gasteiger partial charge is 0.477 e. The Labute approximate surface area is 125 Å². The number of rotatable bonds is 2. The fraction of sp³-hybridized carbons (Fsp3) is 0.200. The zero-order chi connectivity index (χ0) is 15.0. The number of hydrogen-bond acceptors (Lipinski definition) is 3. The van der Waals surface area contributed by atoms with Crippen LogP contribution in [-0.4, -0.2) is 22.6 Å². The van der Waals surface area contributed by atoms with Gasteiger partial charge in [-0.05, 0) is 41.8 Å². The van der Waals surface area contributed by atoms with Crippen LogP contribution >= 0.6 is 11.6 Å². The highest BCUT2D eigenvalue weighted by molar-refractivity contribution is 6.31. The van der Waals surface area contributed by atoms with E-state index < -0.39 is 11.8 Å². The van der Waals surface area contributed by atoms with E-state index in [1.807, 2.05) is 0 Å². The minimum atomic E-state index is -1.02. The van der Waals surface area contributed by atoms with Crippen molar-refractivity contribution in [2.45, 2.75) is 13.0 Å². The number of fused-ring (bicyclic) bond motifs is 1. The molecule has 1 aromatic carbocycles. The van der Waals surface area contributed by atoms with Gasteiger partial charge in [-0.25, -0.2) is 14.2 Å². The molecule has 2 aromatic rings. The molecule has 0 unspecified atom stereocenters. The summed E-state index contributed by atoms with van der Waals surface area (Å²) in [6.07, 6.45) is 2.31. The van der Waals surface area contributed by atoms with E-state index >= 15 is 0 Å². The van der Waals surface area contributed by atoms with Gasteiger partial charge in [-0.3, -0.25) is 0 Å². The van der Waals surface area contributed by atoms with E-state index in [0.717, 1.165) is 23.4 Å². The van der Waals surface area contributed by atoms with Crippen molar-refractivity contribution in [2.24, 2.45) is 0 Å². The van der Waals surface area contributed by atoms with Crippen LogP contribution in [0.2, 0.25) is 5.02 Å². The van der Waals surface area contributed by atoms with Crippen LogP contribution in [0.5, 0.6) is 0 Å². The summed E-state index contributed by atoms with van der Waals surface area (Å²) < 4.78 is 13.2. The van der Waals surface area contributed by atoms with Crippen LogP contribution in [0.15, 0.2) is 30.5 Å². The molecular formula is C15H12ClFN2O2. The zero-order valence-corrected chi connectivity index (χ0v) is 11.8. The van der Waals surface area contributed by atoms with Gasteiger partial charge in [0.2, 0.25) is 0 Å². The Bertz CT molecular complexity index is 721. The van der Waals surface area contributed by atoms with Gasteiger partial charge in [0.25, 0.3) is 0 Å². The lowest BCUT2D eigenvalue weighted by Gasteiger charge is -2.30. The number of carboxylic acids is 1. The second-order valence-corrected chi connectivity index (χ2v) is 5.32. The molecule has 0 saturated heterocycles. The van der Waals surface area contributed by atoms with Crippen molar-refractivity contribution in [3.05, 3.63) is 58.1 Å². The van der Waals surface area contributed by atoms with Crippen LogP contribution in [0.1, 0.15) is 21.6 Å². The first-order valence-electron chi connectivity index (χ1n) is 6.45. The molecular weight excluding hydrogens is 295 g/mol. The number of nitrogens with zero attached hydrogens (tertiary/aromatic N) is 2. The van der Waals surface area contributed by atoms with Crippen LogP contribution in [0, 0.1) is 5.82 Å². The Balaban J connectivity index is 1.87. The van der Waals surface area contributed by atoms with Gasteiger partial charge >= 0.3 is 5.97 Å². The van der Waals surface area contributed by atoms with Crippen LogP contribution < -0.4 is 4.90 Å². The summed E-state index contributed by atoms with van der Waals surface area (Å²) in [5.74, 6) is -1.46. The third kappa shape index (κ3) is 2.69. The number of pyridine rings is 1. The summed E-state index contributed by atoms with van der Waals surface area (Å²) in [4.78, 5) is 16.9. The maximum Gasteiger partial charge on any atom is 0.354 e. The summed E-state index contributed by atoms with van der Waals surface area (Å²) >= 11 is 5.81. The SMILES string of the molecule is O=C(O)c1cc2c(cn1)CN(c1ccc(F)c(Cl)c1)CC2. The van der Waals surface area contributed by atoms with E-state index in [1.165, 1.54) is 6.07 Å². The Hall–Kier alpha value is -2.14. The molecule has 0 fully saturated rings. The summed E-state index contributed by atoms with van der Waals surface area (Å²) in [5.41, 5.74) is 2.87. The third-order valence-corrected chi connectivity index (χ3v) is 3.87. The molecule has 0 amide bonds. The maximum absolute atomic E-state index is 13.2. The van der Waals surface area contributed by atoms with Crippen molar-refractivity contribution in [3.8, 4) is 0 Å². The monoisotopic (exact) mass is 306 g/mol. The van der Waals surface area contributed by atoms with Crippen LogP contribution in [0.25, 0.3) is 0 Å². The highest BCUT2D eigenvalue weighted by atomic mass is 35.5. The highest BCUT2D eigenvalue weighted by Gasteiger charge is 2.19. The van der Waals surface area contributed by atoms with Gasteiger partial charge in [-0.2, -0.15) is 0 Å². The molecule has 2 heterocycles. The van der Waals surface area contributed by atoms with Crippen LogP contribution in [0.4, 0.5) is 10.1 Å². The van der Waals surface area contributed by atoms with Gasteiger partial charge in [0, 0.05) is 25.0 Å². The van der Waals surface area contributed by atoms with Gasteiger partial charge in [-0.1, -0.05) is 11.6 Å². The molecule has 108 valence electrons. The van der Waals surface area contributed by atoms with Crippen molar-refractivity contribution >= 4 is 23.3 Å². The highest BCUT2D eigenvalue weighted by Crippen LogP contribution is 2.27. The number of aromatic carboxylic acids is 1. The molecule has 6 heteroatoms. The summed E-state index contributed by atoms with van der Waals surface area (Å²) in [5, 5.41) is 9.04. The molecule has 0 radical (unpaired) electrons. The Kier molecular flexibility index (Phi) is 3.51. The summed E-state index contributed by atoms with van der Waals surface area (Å²) in [6.45, 7) is 1.32. The minimum Gasteiger partial charge on any atom is -0.477 e. The third-order valence-electron chi connectivity index (χ3n) is 3.58. The second-order valence-electron chi connectivity index (χ2n) is 4.91. The molecule has 21 heavy (non-hydrogen) atoms. The average molecular weight is 307 g/mol. The topological polar surface area (TPSA) is 53.4 Å². The van der Waals surface area contributed by atoms with Gasteiger partial charge in [0.1, 0.15) is 11.5 Å². The van der Waals surface area contributed by atoms with Gasteiger partial charge in [-0.15, -0.1) is 0 Å². The average Bonchev–Trinajstić information content (AvgIpc) is 2.49. The first-order chi connectivity index (χ1) is 10.0. The van der Waals surface area contributed by atoms with E-state index in [1.54, 1.807) is 24.4 Å². The van der Waals surface area contributed by atoms with Crippen LogP contribution in [0.3, 0.4) is 0 Å². The number of aromatic nitrogens is 1. The second kappa shape index (κ2) is 5.33. The van der Waals surface area contributed by atoms with Gasteiger partial charge < -0.3 is 10.0 Å². The lowest BCUT2D eigenvalue weighted by Crippen LogP contribution is -2.30. The van der Waals surface area contributed by atoms with E-state index in [0.29, 0.717) is 13.0 Å². The number of halogens is 2. The van der Waals surface area contributed by atoms with Crippen LogP contribution in [-0.2, 0) is 13.0 Å². The van der Waals surface area contributed by atoms with Gasteiger partial charge in [0.15, 0.2) is 0 Å². The predicted octanol–water partition coefficient (Wildman–Crippen LogP) is 3.14.